The van der Waals surface area contributed by atoms with E-state index in [2.05, 4.69) is 37.1 Å². The van der Waals surface area contributed by atoms with Gasteiger partial charge in [0.05, 0.1) is 6.07 Å². The Hall–Kier alpha value is -0.590. The molecule has 19 heavy (non-hydrogen) atoms. The van der Waals surface area contributed by atoms with E-state index < -0.39 is 0 Å². The maximum atomic E-state index is 9.76. The van der Waals surface area contributed by atoms with Gasteiger partial charge in [-0.2, -0.15) is 5.26 Å². The quantitative estimate of drug-likeness (QED) is 0.790. The van der Waals surface area contributed by atoms with Crippen LogP contribution in [-0.2, 0) is 0 Å². The molecule has 1 saturated carbocycles. The maximum absolute atomic E-state index is 9.76. The summed E-state index contributed by atoms with van der Waals surface area (Å²) < 4.78 is 0. The van der Waals surface area contributed by atoms with Crippen LogP contribution in [0.15, 0.2) is 0 Å². The summed E-state index contributed by atoms with van der Waals surface area (Å²) in [6.07, 6.45) is 5.71. The third kappa shape index (κ3) is 3.30. The summed E-state index contributed by atoms with van der Waals surface area (Å²) in [6.45, 7) is 11.3. The predicted octanol–water partition coefficient (Wildman–Crippen LogP) is 2.78. The molecule has 0 aromatic carbocycles. The van der Waals surface area contributed by atoms with Gasteiger partial charge in [0.15, 0.2) is 0 Å². The van der Waals surface area contributed by atoms with Gasteiger partial charge in [-0.15, -0.1) is 0 Å². The molecular formula is C16H29N3. The lowest BCUT2D eigenvalue weighted by Crippen LogP contribution is -2.52. The highest BCUT2D eigenvalue weighted by atomic mass is 15.2. The average Bonchev–Trinajstić information content (AvgIpc) is 2.67. The lowest BCUT2D eigenvalue weighted by Gasteiger charge is -2.45. The Morgan fingerprint density at radius 1 is 1.16 bits per heavy atom. The highest BCUT2D eigenvalue weighted by Crippen LogP contribution is 2.43. The highest BCUT2D eigenvalue weighted by Gasteiger charge is 2.42. The van der Waals surface area contributed by atoms with Crippen molar-refractivity contribution < 1.29 is 0 Å². The number of nitrogens with zero attached hydrogens (tertiary/aromatic N) is 2. The maximum Gasteiger partial charge on any atom is 0.109 e. The molecule has 0 aromatic rings. The van der Waals surface area contributed by atoms with Gasteiger partial charge in [0.25, 0.3) is 0 Å². The molecular weight excluding hydrogens is 234 g/mol. The predicted molar refractivity (Wildman–Crippen MR) is 78.8 cm³/mol. The van der Waals surface area contributed by atoms with Gasteiger partial charge in [-0.05, 0) is 50.0 Å². The van der Waals surface area contributed by atoms with Crippen LogP contribution in [0.2, 0.25) is 0 Å². The molecule has 0 aromatic heterocycles. The third-order valence-corrected chi connectivity index (χ3v) is 5.19. The van der Waals surface area contributed by atoms with Gasteiger partial charge in [0.2, 0.25) is 0 Å². The summed E-state index contributed by atoms with van der Waals surface area (Å²) in [7, 11) is 0. The first kappa shape index (κ1) is 14.8. The molecule has 0 bridgehead atoms. The number of nitrogens with one attached hydrogen (secondary N) is 1. The number of hydrogen-bond donors (Lipinski definition) is 1. The van der Waals surface area contributed by atoms with Gasteiger partial charge < -0.3 is 5.32 Å². The summed E-state index contributed by atoms with van der Waals surface area (Å²) in [4.78, 5) is 2.46. The van der Waals surface area contributed by atoms with E-state index in [9.17, 15) is 5.26 Å². The lowest BCUT2D eigenvalue weighted by molar-refractivity contribution is 0.0571. The number of nitriles is 1. The molecule has 2 aliphatic rings. The summed E-state index contributed by atoms with van der Waals surface area (Å²) >= 11 is 0. The Morgan fingerprint density at radius 3 is 2.42 bits per heavy atom. The number of rotatable bonds is 1. The monoisotopic (exact) mass is 263 g/mol. The van der Waals surface area contributed by atoms with Gasteiger partial charge in [-0.3, -0.25) is 4.90 Å². The first-order chi connectivity index (χ1) is 8.98. The van der Waals surface area contributed by atoms with Crippen molar-refractivity contribution in [2.75, 3.05) is 26.2 Å². The summed E-state index contributed by atoms with van der Waals surface area (Å²) in [5.41, 5.74) is 0.218. The molecule has 1 aliphatic heterocycles. The van der Waals surface area contributed by atoms with Crippen molar-refractivity contribution in [1.29, 1.82) is 5.26 Å². The van der Waals surface area contributed by atoms with Crippen molar-refractivity contribution in [2.45, 2.75) is 58.4 Å². The molecule has 2 rings (SSSR count). The van der Waals surface area contributed by atoms with E-state index in [1.54, 1.807) is 0 Å². The lowest BCUT2D eigenvalue weighted by atomic mass is 9.67. The minimum Gasteiger partial charge on any atom is -0.315 e. The smallest absolute Gasteiger partial charge is 0.109 e. The largest absolute Gasteiger partial charge is 0.315 e. The minimum absolute atomic E-state index is 0.173. The summed E-state index contributed by atoms with van der Waals surface area (Å²) in [5, 5.41) is 13.2. The van der Waals surface area contributed by atoms with Crippen LogP contribution in [0.3, 0.4) is 0 Å². The second-order valence-electron chi connectivity index (χ2n) is 7.37. The van der Waals surface area contributed by atoms with Crippen LogP contribution in [-0.4, -0.2) is 36.6 Å². The topological polar surface area (TPSA) is 39.1 Å². The second kappa shape index (κ2) is 5.81. The van der Waals surface area contributed by atoms with E-state index in [1.165, 1.54) is 19.3 Å². The van der Waals surface area contributed by atoms with Gasteiger partial charge in [-0.25, -0.2) is 0 Å². The Morgan fingerprint density at radius 2 is 1.84 bits per heavy atom. The fourth-order valence-corrected chi connectivity index (χ4v) is 3.73. The zero-order valence-electron chi connectivity index (χ0n) is 12.8. The SMILES string of the molecule is CC(C)(C)C1CCC(C#N)(N2CCCNCC2)CC1. The van der Waals surface area contributed by atoms with E-state index in [1.807, 2.05) is 0 Å². The molecule has 0 atom stereocenters. The molecule has 1 heterocycles. The minimum atomic E-state index is -0.173. The molecule has 0 amide bonds. The van der Waals surface area contributed by atoms with Crippen molar-refractivity contribution in [1.82, 2.24) is 10.2 Å². The van der Waals surface area contributed by atoms with Crippen LogP contribution >= 0.6 is 0 Å². The van der Waals surface area contributed by atoms with Crippen LogP contribution in [0.25, 0.3) is 0 Å². The standard InChI is InChI=1S/C16H29N3/c1-15(2,3)14-5-7-16(13-17,8-6-14)19-11-4-9-18-10-12-19/h14,18H,4-12H2,1-3H3. The average molecular weight is 263 g/mol. The zero-order valence-corrected chi connectivity index (χ0v) is 12.8. The van der Waals surface area contributed by atoms with E-state index in [0.717, 1.165) is 44.9 Å². The Kier molecular flexibility index (Phi) is 4.53. The molecule has 1 saturated heterocycles. The summed E-state index contributed by atoms with van der Waals surface area (Å²) in [5.74, 6) is 0.777. The Balaban J connectivity index is 2.03. The van der Waals surface area contributed by atoms with Gasteiger partial charge >= 0.3 is 0 Å². The molecule has 0 unspecified atom stereocenters. The van der Waals surface area contributed by atoms with Crippen molar-refractivity contribution in [3.05, 3.63) is 0 Å². The van der Waals surface area contributed by atoms with E-state index in [4.69, 9.17) is 0 Å². The van der Waals surface area contributed by atoms with Crippen LogP contribution < -0.4 is 5.32 Å². The zero-order chi connectivity index (χ0) is 13.9. The molecule has 1 aliphatic carbocycles. The van der Waals surface area contributed by atoms with Crippen molar-refractivity contribution in [3.63, 3.8) is 0 Å². The van der Waals surface area contributed by atoms with Crippen LogP contribution in [0.1, 0.15) is 52.9 Å². The third-order valence-electron chi connectivity index (χ3n) is 5.19. The van der Waals surface area contributed by atoms with Crippen molar-refractivity contribution >= 4 is 0 Å². The molecule has 2 fully saturated rings. The van der Waals surface area contributed by atoms with Crippen molar-refractivity contribution in [3.8, 4) is 6.07 Å². The van der Waals surface area contributed by atoms with E-state index >= 15 is 0 Å². The van der Waals surface area contributed by atoms with Gasteiger partial charge in [-0.1, -0.05) is 20.8 Å². The fraction of sp³-hybridized carbons (Fsp3) is 0.938. The number of hydrogen-bond acceptors (Lipinski definition) is 3. The Bertz CT molecular complexity index is 321. The fourth-order valence-electron chi connectivity index (χ4n) is 3.73. The van der Waals surface area contributed by atoms with Crippen LogP contribution in [0.4, 0.5) is 0 Å². The molecule has 3 heteroatoms. The first-order valence-corrected chi connectivity index (χ1v) is 7.85. The normalized spacial score (nSPS) is 34.5. The molecule has 0 spiro atoms. The molecule has 108 valence electrons. The van der Waals surface area contributed by atoms with Gasteiger partial charge in [0, 0.05) is 19.6 Å². The van der Waals surface area contributed by atoms with Crippen LogP contribution in [0.5, 0.6) is 0 Å². The molecule has 3 nitrogen and oxygen atoms in total. The highest BCUT2D eigenvalue weighted by molar-refractivity contribution is 5.11. The van der Waals surface area contributed by atoms with E-state index in [0.29, 0.717) is 5.41 Å². The Labute approximate surface area is 118 Å². The van der Waals surface area contributed by atoms with Gasteiger partial charge in [0.1, 0.15) is 5.54 Å². The first-order valence-electron chi connectivity index (χ1n) is 7.85. The molecule has 1 N–H and O–H groups in total. The second-order valence-corrected chi connectivity index (χ2v) is 7.37. The van der Waals surface area contributed by atoms with Crippen molar-refractivity contribution in [2.24, 2.45) is 11.3 Å². The van der Waals surface area contributed by atoms with Crippen LogP contribution in [0, 0.1) is 22.7 Å². The summed E-state index contributed by atoms with van der Waals surface area (Å²) in [6, 6.07) is 2.69. The molecule has 0 radical (unpaired) electrons. The van der Waals surface area contributed by atoms with E-state index in [-0.39, 0.29) is 5.54 Å².